The van der Waals surface area contributed by atoms with Gasteiger partial charge in [-0.05, 0) is 65.0 Å². The van der Waals surface area contributed by atoms with Crippen LogP contribution in [0.1, 0.15) is 40.2 Å². The van der Waals surface area contributed by atoms with E-state index in [0.717, 1.165) is 4.90 Å². The van der Waals surface area contributed by atoms with Crippen molar-refractivity contribution in [2.24, 2.45) is 11.3 Å². The van der Waals surface area contributed by atoms with E-state index in [4.69, 9.17) is 25.8 Å². The lowest BCUT2D eigenvalue weighted by Gasteiger charge is -2.38. The number of amides is 2. The summed E-state index contributed by atoms with van der Waals surface area (Å²) in [4.78, 5) is 54.5. The second-order valence-electron chi connectivity index (χ2n) is 8.50. The highest BCUT2D eigenvalue weighted by atomic mass is 35.5. The number of fused-ring (bicyclic) bond motifs is 1. The Morgan fingerprint density at radius 3 is 2.22 bits per heavy atom. The molecule has 3 atom stereocenters. The molecule has 1 aromatic carbocycles. The van der Waals surface area contributed by atoms with Gasteiger partial charge in [0.1, 0.15) is 5.76 Å². The van der Waals surface area contributed by atoms with E-state index in [1.165, 1.54) is 6.08 Å². The molecule has 2 heterocycles. The molecule has 3 rings (SSSR count). The van der Waals surface area contributed by atoms with E-state index in [-0.39, 0.29) is 19.0 Å². The Hall–Kier alpha value is -2.87. The third-order valence-corrected chi connectivity index (χ3v) is 5.68. The van der Waals surface area contributed by atoms with E-state index >= 15 is 0 Å². The fourth-order valence-corrected chi connectivity index (χ4v) is 4.20. The van der Waals surface area contributed by atoms with Crippen LogP contribution in [0.25, 0.3) is 5.76 Å². The van der Waals surface area contributed by atoms with Gasteiger partial charge in [0, 0.05) is 16.1 Å². The van der Waals surface area contributed by atoms with Gasteiger partial charge in [-0.1, -0.05) is 11.6 Å². The van der Waals surface area contributed by atoms with E-state index in [1.54, 1.807) is 58.9 Å². The smallest absolute Gasteiger partial charge is 0.349 e. The van der Waals surface area contributed by atoms with Crippen LogP contribution in [-0.2, 0) is 33.4 Å². The molecule has 172 valence electrons. The van der Waals surface area contributed by atoms with Crippen LogP contribution in [0.2, 0.25) is 5.02 Å². The van der Waals surface area contributed by atoms with Crippen molar-refractivity contribution in [3.8, 4) is 0 Å². The molecular formula is C23H26ClNO7. The van der Waals surface area contributed by atoms with Crippen molar-refractivity contribution >= 4 is 41.1 Å². The zero-order chi connectivity index (χ0) is 23.8. The third-order valence-electron chi connectivity index (χ3n) is 5.42. The molecule has 2 aliphatic heterocycles. The molecule has 0 bridgehead atoms. The van der Waals surface area contributed by atoms with Crippen molar-refractivity contribution in [2.45, 2.75) is 46.3 Å². The summed E-state index contributed by atoms with van der Waals surface area (Å²) < 4.78 is 16.3. The van der Waals surface area contributed by atoms with Crippen LogP contribution in [0.15, 0.2) is 30.3 Å². The van der Waals surface area contributed by atoms with Crippen LogP contribution in [0.3, 0.4) is 0 Å². The Labute approximate surface area is 191 Å². The molecule has 0 aromatic heterocycles. The zero-order valence-corrected chi connectivity index (χ0v) is 19.4. The first-order valence-corrected chi connectivity index (χ1v) is 10.7. The van der Waals surface area contributed by atoms with Gasteiger partial charge in [-0.3, -0.25) is 19.3 Å². The lowest BCUT2D eigenvalue weighted by atomic mass is 9.70. The van der Waals surface area contributed by atoms with Gasteiger partial charge in [-0.25, -0.2) is 4.79 Å². The van der Waals surface area contributed by atoms with Crippen LogP contribution >= 0.6 is 11.6 Å². The van der Waals surface area contributed by atoms with Crippen LogP contribution in [0.4, 0.5) is 0 Å². The minimum Gasteiger partial charge on any atom is -0.477 e. The van der Waals surface area contributed by atoms with Gasteiger partial charge in [-0.15, -0.1) is 0 Å². The van der Waals surface area contributed by atoms with E-state index in [0.29, 0.717) is 10.6 Å². The molecular weight excluding hydrogens is 438 g/mol. The summed E-state index contributed by atoms with van der Waals surface area (Å²) in [6.45, 7) is 8.12. The van der Waals surface area contributed by atoms with Gasteiger partial charge in [0.15, 0.2) is 0 Å². The largest absolute Gasteiger partial charge is 0.477 e. The molecule has 8 nitrogen and oxygen atoms in total. The minimum atomic E-state index is -2.22. The number of halogens is 1. The quantitative estimate of drug-likeness (QED) is 0.376. The van der Waals surface area contributed by atoms with Gasteiger partial charge in [0.2, 0.25) is 17.4 Å². The lowest BCUT2D eigenvalue weighted by molar-refractivity contribution is -0.184. The number of ether oxygens (including phenoxy) is 3. The number of esters is 2. The monoisotopic (exact) mass is 463 g/mol. The van der Waals surface area contributed by atoms with Crippen LogP contribution in [0.5, 0.6) is 0 Å². The summed E-state index contributed by atoms with van der Waals surface area (Å²) in [5, 5.41) is 0.485. The zero-order valence-electron chi connectivity index (χ0n) is 18.6. The fraction of sp³-hybridized carbons (Fsp3) is 0.478. The standard InChI is InChI=1S/C23H26ClNO7/c1-6-30-19(27)17-23(21(29)31-7-2)15(18(26)25(20(23)28)22(3,4)5)12-16(32-17)13-8-10-14(24)11-9-13/h8-12,15,17H,6-7H2,1-5H3/t15-,17+,23-/m0/s1. The maximum atomic E-state index is 13.7. The minimum absolute atomic E-state index is 0.00657. The molecule has 0 radical (unpaired) electrons. The highest BCUT2D eigenvalue weighted by Crippen LogP contribution is 2.51. The summed E-state index contributed by atoms with van der Waals surface area (Å²) >= 11 is 5.97. The van der Waals surface area contributed by atoms with Crippen molar-refractivity contribution in [2.75, 3.05) is 13.2 Å². The van der Waals surface area contributed by atoms with Gasteiger partial charge in [0.05, 0.1) is 19.1 Å². The van der Waals surface area contributed by atoms with Crippen molar-refractivity contribution in [3.05, 3.63) is 40.9 Å². The molecule has 0 spiro atoms. The maximum Gasteiger partial charge on any atom is 0.349 e. The number of imide groups is 1. The first kappa shape index (κ1) is 23.8. The van der Waals surface area contributed by atoms with Crippen molar-refractivity contribution in [1.29, 1.82) is 0 Å². The Kier molecular flexibility index (Phi) is 6.38. The fourth-order valence-electron chi connectivity index (χ4n) is 4.08. The summed E-state index contributed by atoms with van der Waals surface area (Å²) in [6, 6.07) is 6.54. The van der Waals surface area contributed by atoms with E-state index in [1.807, 2.05) is 0 Å². The van der Waals surface area contributed by atoms with Crippen LogP contribution in [-0.4, -0.2) is 53.5 Å². The molecule has 2 aliphatic rings. The number of nitrogens with zero attached hydrogens (tertiary/aromatic N) is 1. The Bertz CT molecular complexity index is 979. The lowest BCUT2D eigenvalue weighted by Crippen LogP contribution is -2.59. The molecule has 0 unspecified atom stereocenters. The van der Waals surface area contributed by atoms with Gasteiger partial charge in [0.25, 0.3) is 5.91 Å². The average molecular weight is 464 g/mol. The summed E-state index contributed by atoms with van der Waals surface area (Å²) in [5.74, 6) is -4.52. The van der Waals surface area contributed by atoms with Crippen molar-refractivity contribution in [3.63, 3.8) is 0 Å². The maximum absolute atomic E-state index is 13.7. The summed E-state index contributed by atoms with van der Waals surface area (Å²) in [6.07, 6.45) is -0.298. The molecule has 0 saturated carbocycles. The first-order chi connectivity index (χ1) is 15.0. The molecule has 0 aliphatic carbocycles. The number of benzene rings is 1. The highest BCUT2D eigenvalue weighted by molar-refractivity contribution is 6.30. The third kappa shape index (κ3) is 3.66. The summed E-state index contributed by atoms with van der Waals surface area (Å²) in [5.41, 5.74) is -2.64. The number of hydrogen-bond acceptors (Lipinski definition) is 7. The van der Waals surface area contributed by atoms with Crippen LogP contribution < -0.4 is 0 Å². The molecule has 0 N–H and O–H groups in total. The topological polar surface area (TPSA) is 99.2 Å². The van der Waals surface area contributed by atoms with Gasteiger partial charge >= 0.3 is 11.9 Å². The van der Waals surface area contributed by atoms with Crippen molar-refractivity contribution < 1.29 is 33.4 Å². The Morgan fingerprint density at radius 2 is 1.69 bits per heavy atom. The molecule has 9 heteroatoms. The molecule has 1 fully saturated rings. The second kappa shape index (κ2) is 8.58. The first-order valence-electron chi connectivity index (χ1n) is 10.4. The predicted octanol–water partition coefficient (Wildman–Crippen LogP) is 2.98. The van der Waals surface area contributed by atoms with Crippen molar-refractivity contribution in [1.82, 2.24) is 4.90 Å². The van der Waals surface area contributed by atoms with Gasteiger partial charge < -0.3 is 14.2 Å². The average Bonchev–Trinajstić information content (AvgIpc) is 2.96. The number of hydrogen-bond donors (Lipinski definition) is 0. The number of carbonyl (C=O) groups is 4. The Morgan fingerprint density at radius 1 is 1.09 bits per heavy atom. The van der Waals surface area contributed by atoms with E-state index < -0.39 is 46.7 Å². The predicted molar refractivity (Wildman–Crippen MR) is 115 cm³/mol. The summed E-state index contributed by atoms with van der Waals surface area (Å²) in [7, 11) is 0. The number of rotatable bonds is 5. The van der Waals surface area contributed by atoms with E-state index in [9.17, 15) is 19.2 Å². The molecule has 32 heavy (non-hydrogen) atoms. The van der Waals surface area contributed by atoms with Gasteiger partial charge in [-0.2, -0.15) is 0 Å². The number of carbonyl (C=O) groups excluding carboxylic acids is 4. The second-order valence-corrected chi connectivity index (χ2v) is 8.94. The SMILES string of the molecule is CCOC(=O)[C@H]1OC(c2ccc(Cl)cc2)=C[C@H]2C(=O)N(C(C)(C)C)C(=O)[C@@]12C(=O)OCC. The van der Waals surface area contributed by atoms with Crippen LogP contribution in [0, 0.1) is 11.3 Å². The van der Waals surface area contributed by atoms with E-state index in [2.05, 4.69) is 0 Å². The molecule has 1 aromatic rings. The normalized spacial score (nSPS) is 25.1. The molecule has 1 saturated heterocycles. The number of likely N-dealkylation sites (tertiary alicyclic amines) is 1. The highest BCUT2D eigenvalue weighted by Gasteiger charge is 2.74. The Balaban J connectivity index is 2.27. The molecule has 2 amide bonds.